The number of aromatic nitrogens is 4. The van der Waals surface area contributed by atoms with Crippen LogP contribution in [-0.4, -0.2) is 51.3 Å². The van der Waals surface area contributed by atoms with Crippen molar-refractivity contribution in [2.24, 2.45) is 7.05 Å². The van der Waals surface area contributed by atoms with Gasteiger partial charge in [0.2, 0.25) is 0 Å². The molecule has 16 heavy (non-hydrogen) atoms. The van der Waals surface area contributed by atoms with Gasteiger partial charge in [0.05, 0.1) is 13.6 Å². The predicted octanol–water partition coefficient (Wildman–Crippen LogP) is -0.216. The molecule has 90 valence electrons. The van der Waals surface area contributed by atoms with Gasteiger partial charge in [0.25, 0.3) is 0 Å². The molecule has 0 aliphatic carbocycles. The van der Waals surface area contributed by atoms with Crippen LogP contribution in [0.25, 0.3) is 0 Å². The Morgan fingerprint density at radius 3 is 2.94 bits per heavy atom. The Kier molecular flexibility index (Phi) is 3.84. The topological polar surface area (TPSA) is 58.9 Å². The maximum atomic E-state index is 4.13. The number of hydrogen-bond donors (Lipinski definition) is 1. The van der Waals surface area contributed by atoms with E-state index in [0.29, 0.717) is 12.6 Å². The molecule has 1 unspecified atom stereocenters. The second-order valence-corrected chi connectivity index (χ2v) is 4.46. The Balaban J connectivity index is 1.71. The molecule has 0 bridgehead atoms. The number of piperidine rings is 1. The zero-order valence-corrected chi connectivity index (χ0v) is 10.1. The molecule has 0 saturated carbocycles. The van der Waals surface area contributed by atoms with Crippen LogP contribution in [0.3, 0.4) is 0 Å². The Morgan fingerprint density at radius 1 is 1.38 bits per heavy atom. The number of tetrazole rings is 1. The standard InChI is InChI=1S/C10H20N6/c1-15-6-4-3-5-9(15)7-11-8-10-12-14-16(2)13-10/h9,11H,3-8H2,1-2H3. The molecular weight excluding hydrogens is 204 g/mol. The van der Waals surface area contributed by atoms with Gasteiger partial charge in [-0.15, -0.1) is 10.2 Å². The van der Waals surface area contributed by atoms with Gasteiger partial charge in [0.1, 0.15) is 0 Å². The lowest BCUT2D eigenvalue weighted by Gasteiger charge is -2.32. The van der Waals surface area contributed by atoms with Gasteiger partial charge in [0, 0.05) is 12.6 Å². The Hall–Kier alpha value is -1.01. The maximum Gasteiger partial charge on any atom is 0.188 e. The van der Waals surface area contributed by atoms with Crippen molar-refractivity contribution in [3.63, 3.8) is 0 Å². The van der Waals surface area contributed by atoms with E-state index in [0.717, 1.165) is 12.4 Å². The highest BCUT2D eigenvalue weighted by Gasteiger charge is 2.18. The third-order valence-electron chi connectivity index (χ3n) is 3.13. The van der Waals surface area contributed by atoms with Gasteiger partial charge in [0.15, 0.2) is 5.82 Å². The van der Waals surface area contributed by atoms with E-state index in [4.69, 9.17) is 0 Å². The zero-order chi connectivity index (χ0) is 11.4. The Bertz CT molecular complexity index is 323. The van der Waals surface area contributed by atoms with Crippen molar-refractivity contribution in [1.82, 2.24) is 30.4 Å². The second kappa shape index (κ2) is 5.36. The minimum absolute atomic E-state index is 0.658. The summed E-state index contributed by atoms with van der Waals surface area (Å²) in [6, 6.07) is 0.658. The van der Waals surface area contributed by atoms with E-state index < -0.39 is 0 Å². The lowest BCUT2D eigenvalue weighted by atomic mass is 10.0. The van der Waals surface area contributed by atoms with Crippen LogP contribution in [0.15, 0.2) is 0 Å². The first-order valence-electron chi connectivity index (χ1n) is 5.89. The molecule has 1 aliphatic heterocycles. The summed E-state index contributed by atoms with van der Waals surface area (Å²) in [4.78, 5) is 3.92. The Morgan fingerprint density at radius 2 is 2.25 bits per heavy atom. The quantitative estimate of drug-likeness (QED) is 0.766. The number of nitrogens with one attached hydrogen (secondary N) is 1. The third-order valence-corrected chi connectivity index (χ3v) is 3.13. The number of hydrogen-bond acceptors (Lipinski definition) is 5. The fourth-order valence-electron chi connectivity index (χ4n) is 2.15. The molecule has 2 rings (SSSR count). The molecule has 0 spiro atoms. The smallest absolute Gasteiger partial charge is 0.188 e. The van der Waals surface area contributed by atoms with Crippen LogP contribution in [-0.2, 0) is 13.6 Å². The van der Waals surface area contributed by atoms with Crippen LogP contribution in [0.4, 0.5) is 0 Å². The predicted molar refractivity (Wildman–Crippen MR) is 60.8 cm³/mol. The SMILES string of the molecule is CN1CCCCC1CNCc1nnn(C)n1. The second-order valence-electron chi connectivity index (χ2n) is 4.46. The molecular formula is C10H20N6. The van der Waals surface area contributed by atoms with E-state index in [-0.39, 0.29) is 0 Å². The molecule has 1 aromatic rings. The van der Waals surface area contributed by atoms with Gasteiger partial charge in [-0.1, -0.05) is 6.42 Å². The maximum absolute atomic E-state index is 4.13. The summed E-state index contributed by atoms with van der Waals surface area (Å²) in [6.45, 7) is 2.93. The van der Waals surface area contributed by atoms with Crippen molar-refractivity contribution in [2.45, 2.75) is 31.8 Å². The normalized spacial score (nSPS) is 22.5. The Labute approximate surface area is 96.0 Å². The molecule has 0 aromatic carbocycles. The largest absolute Gasteiger partial charge is 0.308 e. The summed E-state index contributed by atoms with van der Waals surface area (Å²) in [5.41, 5.74) is 0. The van der Waals surface area contributed by atoms with Crippen molar-refractivity contribution in [2.75, 3.05) is 20.1 Å². The van der Waals surface area contributed by atoms with Crippen LogP contribution in [0.1, 0.15) is 25.1 Å². The highest BCUT2D eigenvalue weighted by molar-refractivity contribution is 4.79. The first-order chi connectivity index (χ1) is 7.75. The van der Waals surface area contributed by atoms with Crippen LogP contribution in [0.2, 0.25) is 0 Å². The lowest BCUT2D eigenvalue weighted by molar-refractivity contribution is 0.181. The zero-order valence-electron chi connectivity index (χ0n) is 10.1. The summed E-state index contributed by atoms with van der Waals surface area (Å²) in [5.74, 6) is 0.765. The average molecular weight is 224 g/mol. The fourth-order valence-corrected chi connectivity index (χ4v) is 2.15. The van der Waals surface area contributed by atoms with E-state index >= 15 is 0 Å². The number of aryl methyl sites for hydroxylation is 1. The third kappa shape index (κ3) is 2.99. The number of likely N-dealkylation sites (tertiary alicyclic amines) is 1. The summed E-state index contributed by atoms with van der Waals surface area (Å²) in [6.07, 6.45) is 3.97. The fraction of sp³-hybridized carbons (Fsp3) is 0.900. The van der Waals surface area contributed by atoms with E-state index in [9.17, 15) is 0 Å². The highest BCUT2D eigenvalue weighted by Crippen LogP contribution is 2.13. The lowest BCUT2D eigenvalue weighted by Crippen LogP contribution is -2.42. The van der Waals surface area contributed by atoms with Crippen molar-refractivity contribution in [1.29, 1.82) is 0 Å². The van der Waals surface area contributed by atoms with E-state index in [1.54, 1.807) is 7.05 Å². The van der Waals surface area contributed by atoms with Gasteiger partial charge in [-0.3, -0.25) is 0 Å². The molecule has 1 aliphatic rings. The molecule has 6 nitrogen and oxygen atoms in total. The first kappa shape index (κ1) is 11.5. The van der Waals surface area contributed by atoms with E-state index in [2.05, 4.69) is 32.7 Å². The van der Waals surface area contributed by atoms with Crippen LogP contribution in [0, 0.1) is 0 Å². The summed E-state index contributed by atoms with van der Waals surface area (Å²) < 4.78 is 0. The van der Waals surface area contributed by atoms with Gasteiger partial charge < -0.3 is 10.2 Å². The van der Waals surface area contributed by atoms with Gasteiger partial charge in [-0.2, -0.15) is 4.80 Å². The molecule has 1 N–H and O–H groups in total. The van der Waals surface area contributed by atoms with E-state index in [1.807, 2.05) is 0 Å². The molecule has 2 heterocycles. The molecule has 6 heteroatoms. The average Bonchev–Trinajstić information content (AvgIpc) is 2.67. The first-order valence-corrected chi connectivity index (χ1v) is 5.89. The molecule has 1 fully saturated rings. The molecule has 0 radical (unpaired) electrons. The van der Waals surface area contributed by atoms with Crippen molar-refractivity contribution >= 4 is 0 Å². The van der Waals surface area contributed by atoms with E-state index in [1.165, 1.54) is 30.6 Å². The van der Waals surface area contributed by atoms with Crippen molar-refractivity contribution in [3.8, 4) is 0 Å². The van der Waals surface area contributed by atoms with Crippen molar-refractivity contribution < 1.29 is 0 Å². The minimum Gasteiger partial charge on any atom is -0.308 e. The van der Waals surface area contributed by atoms with Crippen molar-refractivity contribution in [3.05, 3.63) is 5.82 Å². The molecule has 1 aromatic heterocycles. The number of likely N-dealkylation sites (N-methyl/N-ethyl adjacent to an activating group) is 1. The van der Waals surface area contributed by atoms with Crippen LogP contribution >= 0.6 is 0 Å². The molecule has 1 saturated heterocycles. The van der Waals surface area contributed by atoms with Gasteiger partial charge in [-0.05, 0) is 31.6 Å². The summed E-state index contributed by atoms with van der Waals surface area (Å²) in [5, 5.41) is 15.3. The van der Waals surface area contributed by atoms with Gasteiger partial charge in [-0.25, -0.2) is 0 Å². The molecule has 0 amide bonds. The number of nitrogens with zero attached hydrogens (tertiary/aromatic N) is 5. The van der Waals surface area contributed by atoms with Crippen LogP contribution < -0.4 is 5.32 Å². The summed E-state index contributed by atoms with van der Waals surface area (Å²) in [7, 11) is 3.98. The van der Waals surface area contributed by atoms with Crippen LogP contribution in [0.5, 0.6) is 0 Å². The minimum atomic E-state index is 0.658. The highest BCUT2D eigenvalue weighted by atomic mass is 15.6. The monoisotopic (exact) mass is 224 g/mol. The molecule has 1 atom stereocenters. The number of rotatable bonds is 4. The van der Waals surface area contributed by atoms with Gasteiger partial charge >= 0.3 is 0 Å². The summed E-state index contributed by atoms with van der Waals surface area (Å²) >= 11 is 0.